The van der Waals surface area contributed by atoms with Crippen molar-refractivity contribution in [2.24, 2.45) is 11.8 Å². The molecular formula is C16H23NO3. The zero-order valence-electron chi connectivity index (χ0n) is 12.4. The predicted molar refractivity (Wildman–Crippen MR) is 78.8 cm³/mol. The Bertz CT molecular complexity index is 477. The zero-order chi connectivity index (χ0) is 14.7. The first-order chi connectivity index (χ1) is 9.49. The Balaban J connectivity index is 2.13. The van der Waals surface area contributed by atoms with Gasteiger partial charge in [-0.15, -0.1) is 0 Å². The Kier molecular flexibility index (Phi) is 4.53. The molecule has 0 radical (unpaired) electrons. The Morgan fingerprint density at radius 3 is 2.45 bits per heavy atom. The van der Waals surface area contributed by atoms with Crippen LogP contribution in [0.5, 0.6) is 5.75 Å². The highest BCUT2D eigenvalue weighted by Gasteiger charge is 2.26. The lowest BCUT2D eigenvalue weighted by atomic mass is 9.82. The number of carbonyl (C=O) groups is 1. The van der Waals surface area contributed by atoms with Crippen molar-refractivity contribution in [2.75, 3.05) is 12.8 Å². The number of ether oxygens (including phenoxy) is 2. The molecule has 110 valence electrons. The minimum atomic E-state index is -0.375. The summed E-state index contributed by atoms with van der Waals surface area (Å²) in [6.07, 6.45) is 3.49. The molecular weight excluding hydrogens is 254 g/mol. The Morgan fingerprint density at radius 1 is 1.20 bits per heavy atom. The molecule has 1 aliphatic carbocycles. The standard InChI is InChI=1S/C16H23NO3/c1-10-6-11(2)8-13(7-10)20-15-9-12(16(18)19-3)4-5-14(15)17/h4-5,9-11,13H,6-8,17H2,1-3H3. The molecule has 2 rings (SSSR count). The van der Waals surface area contributed by atoms with Crippen molar-refractivity contribution in [3.63, 3.8) is 0 Å². The first kappa shape index (κ1) is 14.7. The molecule has 0 aromatic heterocycles. The van der Waals surface area contributed by atoms with Crippen molar-refractivity contribution < 1.29 is 14.3 Å². The Labute approximate surface area is 120 Å². The van der Waals surface area contributed by atoms with E-state index in [1.807, 2.05) is 0 Å². The van der Waals surface area contributed by atoms with Gasteiger partial charge in [0.1, 0.15) is 5.75 Å². The van der Waals surface area contributed by atoms with Gasteiger partial charge < -0.3 is 15.2 Å². The molecule has 1 aromatic rings. The van der Waals surface area contributed by atoms with Crippen molar-refractivity contribution in [3.05, 3.63) is 23.8 Å². The van der Waals surface area contributed by atoms with Crippen LogP contribution in [0.4, 0.5) is 5.69 Å². The number of nitrogen functional groups attached to an aromatic ring is 1. The summed E-state index contributed by atoms with van der Waals surface area (Å²) in [7, 11) is 1.36. The van der Waals surface area contributed by atoms with E-state index in [1.54, 1.807) is 18.2 Å². The second-order valence-corrected chi connectivity index (χ2v) is 5.90. The fraction of sp³-hybridized carbons (Fsp3) is 0.562. The molecule has 4 nitrogen and oxygen atoms in total. The van der Waals surface area contributed by atoms with Crippen LogP contribution in [-0.2, 0) is 4.74 Å². The Hall–Kier alpha value is -1.71. The highest BCUT2D eigenvalue weighted by molar-refractivity contribution is 5.90. The smallest absolute Gasteiger partial charge is 0.337 e. The summed E-state index contributed by atoms with van der Waals surface area (Å²) in [5.41, 5.74) is 6.97. The molecule has 1 aromatic carbocycles. The van der Waals surface area contributed by atoms with Crippen LogP contribution in [0.25, 0.3) is 0 Å². The summed E-state index contributed by atoms with van der Waals surface area (Å²) in [6, 6.07) is 5.02. The number of benzene rings is 1. The lowest BCUT2D eigenvalue weighted by Gasteiger charge is -2.32. The predicted octanol–water partition coefficient (Wildman–Crippen LogP) is 3.26. The van der Waals surface area contributed by atoms with E-state index in [4.69, 9.17) is 15.2 Å². The molecule has 2 atom stereocenters. The van der Waals surface area contributed by atoms with Crippen molar-refractivity contribution in [2.45, 2.75) is 39.2 Å². The molecule has 0 heterocycles. The lowest BCUT2D eigenvalue weighted by molar-refractivity contribution is 0.0598. The molecule has 2 unspecified atom stereocenters. The molecule has 1 saturated carbocycles. The van der Waals surface area contributed by atoms with E-state index >= 15 is 0 Å². The number of carbonyl (C=O) groups excluding carboxylic acids is 1. The van der Waals surface area contributed by atoms with Crippen molar-refractivity contribution >= 4 is 11.7 Å². The number of hydrogen-bond donors (Lipinski definition) is 1. The number of methoxy groups -OCH3 is 1. The van der Waals surface area contributed by atoms with Crippen LogP contribution in [0.2, 0.25) is 0 Å². The van der Waals surface area contributed by atoms with Crippen LogP contribution >= 0.6 is 0 Å². The normalized spacial score (nSPS) is 26.1. The van der Waals surface area contributed by atoms with Crippen molar-refractivity contribution in [3.8, 4) is 5.75 Å². The first-order valence-corrected chi connectivity index (χ1v) is 7.14. The highest BCUT2D eigenvalue weighted by atomic mass is 16.5. The minimum absolute atomic E-state index is 0.170. The molecule has 0 spiro atoms. The van der Waals surface area contributed by atoms with Crippen molar-refractivity contribution in [1.29, 1.82) is 0 Å². The van der Waals surface area contributed by atoms with Crippen LogP contribution < -0.4 is 10.5 Å². The average Bonchev–Trinajstić information content (AvgIpc) is 2.39. The van der Waals surface area contributed by atoms with E-state index in [0.717, 1.165) is 12.8 Å². The summed E-state index contributed by atoms with van der Waals surface area (Å²) in [6.45, 7) is 4.50. The third-order valence-corrected chi connectivity index (χ3v) is 3.86. The zero-order valence-corrected chi connectivity index (χ0v) is 12.4. The van der Waals surface area contributed by atoms with E-state index < -0.39 is 0 Å². The van der Waals surface area contributed by atoms with E-state index in [1.165, 1.54) is 13.5 Å². The lowest BCUT2D eigenvalue weighted by Crippen LogP contribution is -2.28. The molecule has 0 aliphatic heterocycles. The van der Waals surface area contributed by atoms with E-state index in [0.29, 0.717) is 28.8 Å². The number of esters is 1. The van der Waals surface area contributed by atoms with Gasteiger partial charge in [-0.3, -0.25) is 0 Å². The maximum absolute atomic E-state index is 11.6. The second-order valence-electron chi connectivity index (χ2n) is 5.90. The van der Waals surface area contributed by atoms with Gasteiger partial charge in [-0.1, -0.05) is 13.8 Å². The first-order valence-electron chi connectivity index (χ1n) is 7.14. The quantitative estimate of drug-likeness (QED) is 0.680. The molecule has 2 N–H and O–H groups in total. The van der Waals surface area contributed by atoms with Crippen LogP contribution in [0.3, 0.4) is 0 Å². The van der Waals surface area contributed by atoms with Gasteiger partial charge >= 0.3 is 5.97 Å². The minimum Gasteiger partial charge on any atom is -0.488 e. The third-order valence-electron chi connectivity index (χ3n) is 3.86. The largest absolute Gasteiger partial charge is 0.488 e. The molecule has 1 fully saturated rings. The number of hydrogen-bond acceptors (Lipinski definition) is 4. The average molecular weight is 277 g/mol. The third kappa shape index (κ3) is 3.44. The van der Waals surface area contributed by atoms with E-state index in [2.05, 4.69) is 13.8 Å². The summed E-state index contributed by atoms with van der Waals surface area (Å²) >= 11 is 0. The summed E-state index contributed by atoms with van der Waals surface area (Å²) in [4.78, 5) is 11.6. The van der Waals surface area contributed by atoms with Gasteiger partial charge in [-0.05, 0) is 49.3 Å². The fourth-order valence-corrected chi connectivity index (χ4v) is 3.03. The monoisotopic (exact) mass is 277 g/mol. The summed E-state index contributed by atoms with van der Waals surface area (Å²) < 4.78 is 10.7. The molecule has 0 bridgehead atoms. The van der Waals surface area contributed by atoms with Gasteiger partial charge in [-0.25, -0.2) is 4.79 Å². The molecule has 20 heavy (non-hydrogen) atoms. The van der Waals surface area contributed by atoms with Gasteiger partial charge in [0, 0.05) is 0 Å². The maximum Gasteiger partial charge on any atom is 0.337 e. The van der Waals surface area contributed by atoms with Crippen LogP contribution in [0.1, 0.15) is 43.5 Å². The van der Waals surface area contributed by atoms with Gasteiger partial charge in [0.25, 0.3) is 0 Å². The van der Waals surface area contributed by atoms with Gasteiger partial charge in [-0.2, -0.15) is 0 Å². The van der Waals surface area contributed by atoms with Crippen LogP contribution in [0.15, 0.2) is 18.2 Å². The number of rotatable bonds is 3. The number of nitrogens with two attached hydrogens (primary N) is 1. The fourth-order valence-electron chi connectivity index (χ4n) is 3.03. The van der Waals surface area contributed by atoms with E-state index in [9.17, 15) is 4.79 Å². The van der Waals surface area contributed by atoms with Gasteiger partial charge in [0.15, 0.2) is 0 Å². The summed E-state index contributed by atoms with van der Waals surface area (Å²) in [5.74, 6) is 1.53. The molecule has 0 amide bonds. The second kappa shape index (κ2) is 6.16. The maximum atomic E-state index is 11.6. The van der Waals surface area contributed by atoms with Gasteiger partial charge in [0.05, 0.1) is 24.5 Å². The van der Waals surface area contributed by atoms with Crippen LogP contribution in [0, 0.1) is 11.8 Å². The van der Waals surface area contributed by atoms with Crippen molar-refractivity contribution in [1.82, 2.24) is 0 Å². The topological polar surface area (TPSA) is 61.5 Å². The summed E-state index contributed by atoms with van der Waals surface area (Å²) in [5, 5.41) is 0. The highest BCUT2D eigenvalue weighted by Crippen LogP contribution is 2.33. The van der Waals surface area contributed by atoms with Crippen LogP contribution in [-0.4, -0.2) is 19.2 Å². The molecule has 1 aliphatic rings. The Morgan fingerprint density at radius 2 is 1.85 bits per heavy atom. The van der Waals surface area contributed by atoms with Gasteiger partial charge in [0.2, 0.25) is 0 Å². The molecule has 4 heteroatoms. The molecule has 0 saturated heterocycles. The SMILES string of the molecule is COC(=O)c1ccc(N)c(OC2CC(C)CC(C)C2)c1. The number of anilines is 1. The van der Waals surface area contributed by atoms with E-state index in [-0.39, 0.29) is 12.1 Å².